The Morgan fingerprint density at radius 3 is 2.76 bits per heavy atom. The third kappa shape index (κ3) is 2.91. The van der Waals surface area contributed by atoms with Gasteiger partial charge >= 0.3 is 0 Å². The van der Waals surface area contributed by atoms with Crippen molar-refractivity contribution in [2.24, 2.45) is 0 Å². The lowest BCUT2D eigenvalue weighted by Crippen LogP contribution is -2.31. The Morgan fingerprint density at radius 1 is 1.29 bits per heavy atom. The highest BCUT2D eigenvalue weighted by Crippen LogP contribution is 2.34. The quantitative estimate of drug-likeness (QED) is 0.740. The lowest BCUT2D eigenvalue weighted by Gasteiger charge is -2.14. The van der Waals surface area contributed by atoms with E-state index in [4.69, 9.17) is 10.5 Å². The number of carbonyl (C=O) groups is 1. The van der Waals surface area contributed by atoms with E-state index in [2.05, 4.69) is 37.2 Å². The van der Waals surface area contributed by atoms with Gasteiger partial charge in [0.2, 0.25) is 0 Å². The number of carbonyl (C=O) groups excluding carboxylic acids is 1. The average molecular weight is 412 g/mol. The van der Waals surface area contributed by atoms with E-state index in [-0.39, 0.29) is 5.91 Å². The van der Waals surface area contributed by atoms with Crippen LogP contribution in [0.5, 0.6) is 5.75 Å². The Balaban J connectivity index is 1.77. The summed E-state index contributed by atoms with van der Waals surface area (Å²) in [7, 11) is 0. The van der Waals surface area contributed by atoms with Gasteiger partial charge < -0.3 is 15.8 Å². The molecule has 0 fully saturated rings. The zero-order chi connectivity index (χ0) is 15.0. The zero-order valence-corrected chi connectivity index (χ0v) is 14.1. The summed E-state index contributed by atoms with van der Waals surface area (Å²) < 4.78 is 7.23. The first-order chi connectivity index (χ1) is 10.0. The molecule has 0 spiro atoms. The van der Waals surface area contributed by atoms with Gasteiger partial charge in [-0.25, -0.2) is 0 Å². The van der Waals surface area contributed by atoms with Crippen molar-refractivity contribution in [3.63, 3.8) is 0 Å². The summed E-state index contributed by atoms with van der Waals surface area (Å²) in [6, 6.07) is 11.2. The maximum Gasteiger partial charge on any atom is 0.265 e. The van der Waals surface area contributed by atoms with Crippen LogP contribution in [0.4, 0.5) is 11.4 Å². The molecule has 3 rings (SSSR count). The van der Waals surface area contributed by atoms with Gasteiger partial charge in [-0.3, -0.25) is 4.79 Å². The molecule has 1 heterocycles. The second kappa shape index (κ2) is 5.69. The first-order valence-corrected chi connectivity index (χ1v) is 7.93. The topological polar surface area (TPSA) is 64.3 Å². The molecule has 1 unspecified atom stereocenters. The van der Waals surface area contributed by atoms with Crippen LogP contribution >= 0.6 is 31.9 Å². The van der Waals surface area contributed by atoms with E-state index in [1.54, 1.807) is 6.07 Å². The lowest BCUT2D eigenvalue weighted by molar-refractivity contribution is -0.122. The number of fused-ring (bicyclic) bond motifs is 1. The molecule has 3 N–H and O–H groups in total. The first-order valence-electron chi connectivity index (χ1n) is 6.34. The number of anilines is 2. The van der Waals surface area contributed by atoms with Crippen LogP contribution in [-0.2, 0) is 11.2 Å². The molecule has 6 heteroatoms. The summed E-state index contributed by atoms with van der Waals surface area (Å²) in [6.07, 6.45) is 0.0353. The smallest absolute Gasteiger partial charge is 0.265 e. The fourth-order valence-corrected chi connectivity index (χ4v) is 3.61. The van der Waals surface area contributed by atoms with Crippen molar-refractivity contribution in [2.75, 3.05) is 11.1 Å². The van der Waals surface area contributed by atoms with E-state index < -0.39 is 6.10 Å². The van der Waals surface area contributed by atoms with Crippen LogP contribution in [0.1, 0.15) is 5.56 Å². The van der Waals surface area contributed by atoms with Crippen molar-refractivity contribution < 1.29 is 9.53 Å². The highest BCUT2D eigenvalue weighted by Gasteiger charge is 2.29. The van der Waals surface area contributed by atoms with Crippen molar-refractivity contribution in [2.45, 2.75) is 12.5 Å². The molecule has 0 radical (unpaired) electrons. The van der Waals surface area contributed by atoms with E-state index >= 15 is 0 Å². The molecule has 4 nitrogen and oxygen atoms in total. The van der Waals surface area contributed by atoms with Crippen LogP contribution in [0, 0.1) is 0 Å². The Kier molecular flexibility index (Phi) is 3.91. The fourth-order valence-electron chi connectivity index (χ4n) is 2.26. The number of rotatable bonds is 2. The average Bonchev–Trinajstić information content (AvgIpc) is 2.86. The number of benzene rings is 2. The normalized spacial score (nSPS) is 16.2. The number of hydrogen-bond donors (Lipinski definition) is 2. The van der Waals surface area contributed by atoms with Crippen molar-refractivity contribution in [1.29, 1.82) is 0 Å². The van der Waals surface area contributed by atoms with Crippen molar-refractivity contribution in [3.05, 3.63) is 50.9 Å². The minimum absolute atomic E-state index is 0.207. The van der Waals surface area contributed by atoms with Gasteiger partial charge in [0, 0.05) is 15.4 Å². The molecule has 1 amide bonds. The van der Waals surface area contributed by atoms with Crippen LogP contribution in [0.3, 0.4) is 0 Å². The molecule has 2 aromatic carbocycles. The number of nitrogens with two attached hydrogens (primary N) is 1. The van der Waals surface area contributed by atoms with E-state index in [9.17, 15) is 4.79 Å². The Labute approximate surface area is 138 Å². The van der Waals surface area contributed by atoms with E-state index in [0.717, 1.165) is 20.3 Å². The van der Waals surface area contributed by atoms with Gasteiger partial charge in [-0.15, -0.1) is 0 Å². The van der Waals surface area contributed by atoms with E-state index in [1.165, 1.54) is 0 Å². The molecule has 0 saturated heterocycles. The molecule has 1 aliphatic rings. The van der Waals surface area contributed by atoms with E-state index in [0.29, 0.717) is 17.8 Å². The van der Waals surface area contributed by atoms with Gasteiger partial charge in [0.05, 0.1) is 11.4 Å². The fraction of sp³-hybridized carbons (Fsp3) is 0.133. The number of halogens is 2. The first kappa shape index (κ1) is 14.4. The van der Waals surface area contributed by atoms with Crippen LogP contribution < -0.4 is 15.8 Å². The summed E-state index contributed by atoms with van der Waals surface area (Å²) in [4.78, 5) is 12.3. The van der Waals surface area contributed by atoms with Gasteiger partial charge in [-0.1, -0.05) is 34.1 Å². The molecule has 1 aliphatic heterocycles. The molecule has 21 heavy (non-hydrogen) atoms. The number of nitrogen functional groups attached to an aromatic ring is 1. The van der Waals surface area contributed by atoms with Crippen molar-refractivity contribution >= 4 is 49.1 Å². The molecule has 0 aliphatic carbocycles. The largest absolute Gasteiger partial charge is 0.480 e. The predicted molar refractivity (Wildman–Crippen MR) is 89.4 cm³/mol. The van der Waals surface area contributed by atoms with Crippen LogP contribution in [0.2, 0.25) is 0 Å². The molecule has 0 aromatic heterocycles. The van der Waals surface area contributed by atoms with Crippen molar-refractivity contribution in [3.8, 4) is 5.75 Å². The van der Waals surface area contributed by atoms with E-state index in [1.807, 2.05) is 30.3 Å². The minimum atomic E-state index is -0.530. The maximum atomic E-state index is 12.3. The third-order valence-electron chi connectivity index (χ3n) is 3.27. The van der Waals surface area contributed by atoms with Gasteiger partial charge in [0.15, 0.2) is 6.10 Å². The molecule has 1 atom stereocenters. The van der Waals surface area contributed by atoms with Crippen LogP contribution in [-0.4, -0.2) is 12.0 Å². The summed E-state index contributed by atoms with van der Waals surface area (Å²) >= 11 is 6.75. The highest BCUT2D eigenvalue weighted by atomic mass is 79.9. The summed E-state index contributed by atoms with van der Waals surface area (Å²) in [5.74, 6) is 0.557. The zero-order valence-electron chi connectivity index (χ0n) is 10.9. The van der Waals surface area contributed by atoms with Crippen molar-refractivity contribution in [1.82, 2.24) is 0 Å². The number of hydrogen-bond acceptors (Lipinski definition) is 3. The predicted octanol–water partition coefficient (Wildman–Crippen LogP) is 3.74. The number of amides is 1. The highest BCUT2D eigenvalue weighted by molar-refractivity contribution is 9.11. The third-order valence-corrected chi connectivity index (χ3v) is 4.36. The number of ether oxygens (including phenoxy) is 1. The van der Waals surface area contributed by atoms with Gasteiger partial charge in [-0.2, -0.15) is 0 Å². The number of para-hydroxylation sites is 1. The summed E-state index contributed by atoms with van der Waals surface area (Å²) in [5, 5.41) is 2.83. The standard InChI is InChI=1S/C15H12Br2N2O2/c16-9-6-10(17)14(11(18)7-9)19-15(20)13-5-8-3-1-2-4-12(8)21-13/h1-4,6-7,13H,5,18H2,(H,19,20). The van der Waals surface area contributed by atoms with Gasteiger partial charge in [-0.05, 0) is 39.7 Å². The number of nitrogens with one attached hydrogen (secondary N) is 1. The summed E-state index contributed by atoms with van der Waals surface area (Å²) in [5.41, 5.74) is 8.02. The SMILES string of the molecule is Nc1cc(Br)cc(Br)c1NC(=O)C1Cc2ccccc2O1. The molecule has 2 aromatic rings. The summed E-state index contributed by atoms with van der Waals surface area (Å²) in [6.45, 7) is 0. The Morgan fingerprint density at radius 2 is 2.05 bits per heavy atom. The Hall–Kier alpha value is -1.53. The molecular formula is C15H12Br2N2O2. The molecule has 108 valence electrons. The molecular weight excluding hydrogens is 400 g/mol. The van der Waals surface area contributed by atoms with Gasteiger partial charge in [0.25, 0.3) is 5.91 Å². The second-order valence-electron chi connectivity index (χ2n) is 4.76. The maximum absolute atomic E-state index is 12.3. The van der Waals surface area contributed by atoms with Crippen LogP contribution in [0.15, 0.2) is 45.3 Å². The minimum Gasteiger partial charge on any atom is -0.480 e. The molecule has 0 bridgehead atoms. The van der Waals surface area contributed by atoms with Crippen LogP contribution in [0.25, 0.3) is 0 Å². The monoisotopic (exact) mass is 410 g/mol. The molecule has 0 saturated carbocycles. The second-order valence-corrected chi connectivity index (χ2v) is 6.53. The Bertz CT molecular complexity index is 671. The lowest BCUT2D eigenvalue weighted by atomic mass is 10.1. The van der Waals surface area contributed by atoms with Gasteiger partial charge in [0.1, 0.15) is 5.75 Å².